The Kier molecular flexibility index (Phi) is 9.50. The van der Waals surface area contributed by atoms with Gasteiger partial charge in [0.2, 0.25) is 0 Å². The molecule has 0 N–H and O–H groups in total. The molecule has 7 heteroatoms. The van der Waals surface area contributed by atoms with Crippen LogP contribution in [0.3, 0.4) is 0 Å². The summed E-state index contributed by atoms with van der Waals surface area (Å²) in [6.45, 7) is 0. The highest BCUT2D eigenvalue weighted by atomic mass is 16.3. The summed E-state index contributed by atoms with van der Waals surface area (Å²) in [6.07, 6.45) is 0. The summed E-state index contributed by atoms with van der Waals surface area (Å²) in [7, 11) is 0. The minimum atomic E-state index is 0.591. The van der Waals surface area contributed by atoms with Crippen molar-refractivity contribution < 1.29 is 8.83 Å². The molecule has 0 aliphatic carbocycles. The molecule has 340 valence electrons. The number of fused-ring (bicyclic) bond motifs is 10. The Bertz CT molecular complexity index is 4570. The third-order valence-corrected chi connectivity index (χ3v) is 14.2. The molecule has 7 nitrogen and oxygen atoms in total. The lowest BCUT2D eigenvalue weighted by Gasteiger charge is -2.26. The summed E-state index contributed by atoms with van der Waals surface area (Å²) in [5, 5.41) is 28.2. The van der Waals surface area contributed by atoms with Crippen molar-refractivity contribution in [3.05, 3.63) is 248 Å². The van der Waals surface area contributed by atoms with E-state index < -0.39 is 0 Å². The van der Waals surface area contributed by atoms with Gasteiger partial charge in [0.25, 0.3) is 0 Å². The molecule has 0 radical (unpaired) electrons. The highest BCUT2D eigenvalue weighted by molar-refractivity contribution is 6.15. The number of benzene rings is 11. The van der Waals surface area contributed by atoms with E-state index in [1.165, 1.54) is 0 Å². The molecule has 0 amide bonds. The summed E-state index contributed by atoms with van der Waals surface area (Å²) in [5.74, 6) is 0. The Labute approximate surface area is 419 Å². The third-order valence-electron chi connectivity index (χ3n) is 14.2. The van der Waals surface area contributed by atoms with Crippen LogP contribution in [0.4, 0.5) is 34.1 Å². The normalized spacial score (nSPS) is 11.5. The maximum atomic E-state index is 9.79. The average Bonchev–Trinajstić information content (AvgIpc) is 4.12. The molecule has 3 aromatic heterocycles. The van der Waals surface area contributed by atoms with Gasteiger partial charge in [-0.05, 0) is 155 Å². The van der Waals surface area contributed by atoms with Crippen LogP contribution < -0.4 is 9.80 Å². The highest BCUT2D eigenvalue weighted by Gasteiger charge is 2.22. The van der Waals surface area contributed by atoms with E-state index in [4.69, 9.17) is 8.83 Å². The number of nitriles is 2. The van der Waals surface area contributed by atoms with E-state index in [0.29, 0.717) is 11.1 Å². The number of nitrogens with zero attached hydrogens (tertiary/aromatic N) is 5. The largest absolute Gasteiger partial charge is 0.456 e. The van der Waals surface area contributed by atoms with Gasteiger partial charge in [0.1, 0.15) is 22.3 Å². The Balaban J connectivity index is 0.971. The lowest BCUT2D eigenvalue weighted by molar-refractivity contribution is 0.668. The standard InChI is InChI=1S/C66H39N5O2/c67-40-42-14-21-48(22-15-42)69(53-29-32-58-56-10-4-6-12-63(56)72-65(58)38-53)51-27-20-46-35-60-55-31-28-52(37-62(55)71(61(60)36-47(46)34-51)50-25-18-45(19-26-50)44-8-2-1-3-9-44)70(49-23-16-43(41-68)17-24-49)54-30-33-59-57-11-5-7-13-64(57)73-66(59)39-54/h1-39H. The zero-order valence-corrected chi connectivity index (χ0v) is 39.1. The van der Waals surface area contributed by atoms with Crippen molar-refractivity contribution in [2.75, 3.05) is 9.80 Å². The topological polar surface area (TPSA) is 85.3 Å². The lowest BCUT2D eigenvalue weighted by Crippen LogP contribution is -2.10. The van der Waals surface area contributed by atoms with Crippen LogP contribution in [-0.4, -0.2) is 4.57 Å². The van der Waals surface area contributed by atoms with Gasteiger partial charge >= 0.3 is 0 Å². The maximum Gasteiger partial charge on any atom is 0.137 e. The molecule has 0 saturated heterocycles. The van der Waals surface area contributed by atoms with Gasteiger partial charge in [-0.3, -0.25) is 0 Å². The van der Waals surface area contributed by atoms with Gasteiger partial charge in [0, 0.05) is 84.3 Å². The highest BCUT2D eigenvalue weighted by Crippen LogP contribution is 2.44. The molecule has 0 aliphatic heterocycles. The molecule has 3 heterocycles. The van der Waals surface area contributed by atoms with E-state index in [1.807, 2.05) is 91.0 Å². The van der Waals surface area contributed by atoms with Gasteiger partial charge in [-0.25, -0.2) is 0 Å². The van der Waals surface area contributed by atoms with E-state index in [9.17, 15) is 10.5 Å². The van der Waals surface area contributed by atoms with E-state index in [1.54, 1.807) is 0 Å². The van der Waals surface area contributed by atoms with Gasteiger partial charge in [-0.1, -0.05) is 91.0 Å². The third kappa shape index (κ3) is 6.95. The second-order valence-corrected chi connectivity index (χ2v) is 18.4. The fraction of sp³-hybridized carbons (Fsp3) is 0. The van der Waals surface area contributed by atoms with Crippen molar-refractivity contribution >= 4 is 111 Å². The number of furan rings is 2. The first kappa shape index (κ1) is 41.6. The first-order chi connectivity index (χ1) is 36.0. The van der Waals surface area contributed by atoms with Crippen molar-refractivity contribution in [3.8, 4) is 29.0 Å². The van der Waals surface area contributed by atoms with Crippen LogP contribution in [0.25, 0.3) is 93.3 Å². The number of rotatable bonds is 8. The van der Waals surface area contributed by atoms with Crippen molar-refractivity contribution in [2.45, 2.75) is 0 Å². The van der Waals surface area contributed by atoms with Crippen molar-refractivity contribution in [2.24, 2.45) is 0 Å². The van der Waals surface area contributed by atoms with Gasteiger partial charge in [0.15, 0.2) is 0 Å². The molecule has 14 aromatic rings. The van der Waals surface area contributed by atoms with Gasteiger partial charge < -0.3 is 23.2 Å². The van der Waals surface area contributed by atoms with Crippen LogP contribution in [0.5, 0.6) is 0 Å². The van der Waals surface area contributed by atoms with Crippen LogP contribution >= 0.6 is 0 Å². The first-order valence-corrected chi connectivity index (χ1v) is 24.2. The maximum absolute atomic E-state index is 9.79. The van der Waals surface area contributed by atoms with Crippen LogP contribution in [-0.2, 0) is 0 Å². The molecule has 0 aliphatic rings. The second-order valence-electron chi connectivity index (χ2n) is 18.4. The Morgan fingerprint density at radius 3 is 1.34 bits per heavy atom. The summed E-state index contributed by atoms with van der Waals surface area (Å²) >= 11 is 0. The van der Waals surface area contributed by atoms with Crippen molar-refractivity contribution in [3.63, 3.8) is 0 Å². The monoisotopic (exact) mass is 933 g/mol. The number of anilines is 6. The SMILES string of the molecule is N#Cc1ccc(N(c2ccc3cc4c5ccc(N(c6ccc(C#N)cc6)c6ccc7c(c6)oc6ccccc67)cc5n(-c5ccc(-c6ccccc6)cc5)c4cc3c2)c2ccc3c(c2)oc2ccccc23)cc1. The average molecular weight is 934 g/mol. The molecule has 14 rings (SSSR count). The molecule has 0 bridgehead atoms. The molecule has 0 spiro atoms. The number of aromatic nitrogens is 1. The zero-order chi connectivity index (χ0) is 48.6. The zero-order valence-electron chi connectivity index (χ0n) is 39.1. The van der Waals surface area contributed by atoms with Gasteiger partial charge in [0.05, 0.1) is 34.3 Å². The Morgan fingerprint density at radius 1 is 0.315 bits per heavy atom. The Hall–Kier alpha value is -10.3. The summed E-state index contributed by atoms with van der Waals surface area (Å²) in [4.78, 5) is 4.46. The number of hydrogen-bond acceptors (Lipinski definition) is 6. The van der Waals surface area contributed by atoms with Gasteiger partial charge in [-0.15, -0.1) is 0 Å². The molecule has 0 unspecified atom stereocenters. The van der Waals surface area contributed by atoms with E-state index in [0.717, 1.165) is 127 Å². The van der Waals surface area contributed by atoms with Crippen LogP contribution in [0.2, 0.25) is 0 Å². The predicted molar refractivity (Wildman–Crippen MR) is 297 cm³/mol. The lowest BCUT2D eigenvalue weighted by atomic mass is 10.0. The molecule has 0 atom stereocenters. The van der Waals surface area contributed by atoms with Crippen molar-refractivity contribution in [1.82, 2.24) is 4.57 Å². The summed E-state index contributed by atoms with van der Waals surface area (Å²) in [5.41, 5.74) is 15.5. The van der Waals surface area contributed by atoms with Crippen LogP contribution in [0, 0.1) is 22.7 Å². The molecule has 11 aromatic carbocycles. The molecule has 0 fully saturated rings. The molecule has 0 saturated carbocycles. The Morgan fingerprint density at radius 2 is 0.767 bits per heavy atom. The smallest absolute Gasteiger partial charge is 0.137 e. The number of para-hydroxylation sites is 2. The van der Waals surface area contributed by atoms with Crippen LogP contribution in [0.1, 0.15) is 11.1 Å². The van der Waals surface area contributed by atoms with E-state index in [2.05, 4.69) is 172 Å². The van der Waals surface area contributed by atoms with Gasteiger partial charge in [-0.2, -0.15) is 10.5 Å². The fourth-order valence-electron chi connectivity index (χ4n) is 10.7. The molecular formula is C66H39N5O2. The molecular weight excluding hydrogens is 895 g/mol. The quantitative estimate of drug-likeness (QED) is 0.151. The second kappa shape index (κ2) is 16.7. The predicted octanol–water partition coefficient (Wildman–Crippen LogP) is 18.1. The fourth-order valence-corrected chi connectivity index (χ4v) is 10.7. The summed E-state index contributed by atoms with van der Waals surface area (Å²) < 4.78 is 15.2. The van der Waals surface area contributed by atoms with Crippen molar-refractivity contribution in [1.29, 1.82) is 10.5 Å². The minimum Gasteiger partial charge on any atom is -0.456 e. The van der Waals surface area contributed by atoms with Crippen LogP contribution in [0.15, 0.2) is 245 Å². The first-order valence-electron chi connectivity index (χ1n) is 24.2. The molecule has 73 heavy (non-hydrogen) atoms. The summed E-state index contributed by atoms with van der Waals surface area (Å²) in [6, 6.07) is 86.3. The van der Waals surface area contributed by atoms with E-state index >= 15 is 0 Å². The number of hydrogen-bond donors (Lipinski definition) is 0. The minimum absolute atomic E-state index is 0.591. The van der Waals surface area contributed by atoms with E-state index in [-0.39, 0.29) is 0 Å².